The maximum absolute atomic E-state index is 4.38. The first-order valence-corrected chi connectivity index (χ1v) is 8.14. The summed E-state index contributed by atoms with van der Waals surface area (Å²) in [5.74, 6) is 1.64. The highest BCUT2D eigenvalue weighted by Crippen LogP contribution is 2.38. The van der Waals surface area contributed by atoms with Gasteiger partial charge in [-0.25, -0.2) is 0 Å². The molecule has 1 aromatic heterocycles. The predicted octanol–water partition coefficient (Wildman–Crippen LogP) is 3.21. The molecule has 0 atom stereocenters. The molecule has 1 heterocycles. The Morgan fingerprint density at radius 2 is 2.10 bits per heavy atom. The minimum Gasteiger partial charge on any atom is -0.367 e. The fourth-order valence-corrected chi connectivity index (χ4v) is 2.73. The lowest BCUT2D eigenvalue weighted by Crippen LogP contribution is -2.30. The van der Waals surface area contributed by atoms with Crippen molar-refractivity contribution < 1.29 is 0 Å². The van der Waals surface area contributed by atoms with Crippen molar-refractivity contribution in [1.29, 1.82) is 0 Å². The maximum Gasteiger partial charge on any atom is 0.0600 e. The van der Waals surface area contributed by atoms with E-state index in [0.717, 1.165) is 25.0 Å². The van der Waals surface area contributed by atoms with Crippen LogP contribution < -0.4 is 10.2 Å². The molecule has 2 aliphatic rings. The van der Waals surface area contributed by atoms with Gasteiger partial charge >= 0.3 is 0 Å². The van der Waals surface area contributed by atoms with Gasteiger partial charge in [0.2, 0.25) is 0 Å². The summed E-state index contributed by atoms with van der Waals surface area (Å²) in [6.07, 6.45) is 9.57. The second-order valence-corrected chi connectivity index (χ2v) is 6.86. The summed E-state index contributed by atoms with van der Waals surface area (Å²) < 4.78 is 0. The van der Waals surface area contributed by atoms with Gasteiger partial charge in [-0.05, 0) is 55.7 Å². The summed E-state index contributed by atoms with van der Waals surface area (Å²) in [5.41, 5.74) is 2.78. The van der Waals surface area contributed by atoms with Gasteiger partial charge in [-0.1, -0.05) is 13.8 Å². The lowest BCUT2D eigenvalue weighted by molar-refractivity contribution is 0.551. The smallest absolute Gasteiger partial charge is 0.0600 e. The summed E-state index contributed by atoms with van der Waals surface area (Å²) in [5, 5.41) is 3.57. The zero-order chi connectivity index (χ0) is 13.9. The standard InChI is InChI=1S/C17H27N3/c1-13(2)9-19-10-15-7-8-18-11-17(15)20(16-5-6-16)12-14-3-4-14/h7-8,11,13-14,16,19H,3-6,9-10,12H2,1-2H3. The Morgan fingerprint density at radius 1 is 1.30 bits per heavy atom. The van der Waals surface area contributed by atoms with E-state index in [4.69, 9.17) is 0 Å². The van der Waals surface area contributed by atoms with Gasteiger partial charge in [0.25, 0.3) is 0 Å². The quantitative estimate of drug-likeness (QED) is 0.788. The van der Waals surface area contributed by atoms with Crippen LogP contribution in [0.15, 0.2) is 18.5 Å². The number of nitrogens with zero attached hydrogens (tertiary/aromatic N) is 2. The minimum absolute atomic E-state index is 0.700. The van der Waals surface area contributed by atoms with Crippen molar-refractivity contribution in [3.8, 4) is 0 Å². The van der Waals surface area contributed by atoms with Crippen LogP contribution in [0.2, 0.25) is 0 Å². The summed E-state index contributed by atoms with van der Waals surface area (Å²) in [7, 11) is 0. The van der Waals surface area contributed by atoms with E-state index in [0.29, 0.717) is 5.92 Å². The van der Waals surface area contributed by atoms with Crippen LogP contribution in [-0.4, -0.2) is 24.1 Å². The number of aromatic nitrogens is 1. The van der Waals surface area contributed by atoms with Crippen LogP contribution >= 0.6 is 0 Å². The Kier molecular flexibility index (Phi) is 4.25. The SMILES string of the molecule is CC(C)CNCc1ccncc1N(CC1CC1)C1CC1. The molecule has 3 rings (SSSR count). The molecule has 0 bridgehead atoms. The van der Waals surface area contributed by atoms with Gasteiger partial charge < -0.3 is 10.2 Å². The Labute approximate surface area is 122 Å². The molecule has 0 amide bonds. The van der Waals surface area contributed by atoms with Crippen LogP contribution in [0.4, 0.5) is 5.69 Å². The third-order valence-corrected chi connectivity index (χ3v) is 4.20. The molecular formula is C17H27N3. The molecule has 1 aromatic rings. The second-order valence-electron chi connectivity index (χ2n) is 6.86. The van der Waals surface area contributed by atoms with Crippen molar-refractivity contribution in [3.05, 3.63) is 24.0 Å². The molecule has 0 radical (unpaired) electrons. The van der Waals surface area contributed by atoms with E-state index >= 15 is 0 Å². The van der Waals surface area contributed by atoms with Crippen molar-refractivity contribution in [2.75, 3.05) is 18.0 Å². The Bertz CT molecular complexity index is 436. The van der Waals surface area contributed by atoms with E-state index in [9.17, 15) is 0 Å². The number of rotatable bonds is 8. The molecule has 0 saturated heterocycles. The maximum atomic E-state index is 4.38. The van der Waals surface area contributed by atoms with Crippen molar-refractivity contribution in [1.82, 2.24) is 10.3 Å². The molecule has 0 aliphatic heterocycles. The van der Waals surface area contributed by atoms with Crippen molar-refractivity contribution >= 4 is 5.69 Å². The Morgan fingerprint density at radius 3 is 2.75 bits per heavy atom. The lowest BCUT2D eigenvalue weighted by Gasteiger charge is -2.27. The molecule has 1 N–H and O–H groups in total. The number of anilines is 1. The third-order valence-electron chi connectivity index (χ3n) is 4.20. The summed E-state index contributed by atoms with van der Waals surface area (Å²) in [6.45, 7) is 7.79. The number of hydrogen-bond acceptors (Lipinski definition) is 3. The van der Waals surface area contributed by atoms with Gasteiger partial charge in [-0.3, -0.25) is 4.98 Å². The summed E-state index contributed by atoms with van der Waals surface area (Å²) >= 11 is 0. The number of pyridine rings is 1. The first-order chi connectivity index (χ1) is 9.74. The molecular weight excluding hydrogens is 246 g/mol. The van der Waals surface area contributed by atoms with Crippen LogP contribution in [0, 0.1) is 11.8 Å². The van der Waals surface area contributed by atoms with Crippen LogP contribution in [-0.2, 0) is 6.54 Å². The molecule has 2 saturated carbocycles. The van der Waals surface area contributed by atoms with Crippen LogP contribution in [0.3, 0.4) is 0 Å². The normalized spacial score (nSPS) is 18.6. The largest absolute Gasteiger partial charge is 0.367 e. The fourth-order valence-electron chi connectivity index (χ4n) is 2.73. The van der Waals surface area contributed by atoms with E-state index in [1.807, 2.05) is 6.20 Å². The van der Waals surface area contributed by atoms with Gasteiger partial charge in [0.15, 0.2) is 0 Å². The van der Waals surface area contributed by atoms with E-state index in [1.54, 1.807) is 0 Å². The molecule has 3 heteroatoms. The van der Waals surface area contributed by atoms with E-state index < -0.39 is 0 Å². The second kappa shape index (κ2) is 6.13. The first-order valence-electron chi connectivity index (χ1n) is 8.14. The molecule has 2 fully saturated rings. The first kappa shape index (κ1) is 13.9. The van der Waals surface area contributed by atoms with Crippen LogP contribution in [0.1, 0.15) is 45.1 Å². The molecule has 0 spiro atoms. The van der Waals surface area contributed by atoms with Gasteiger partial charge in [0, 0.05) is 25.3 Å². The summed E-state index contributed by atoms with van der Waals surface area (Å²) in [6, 6.07) is 2.97. The van der Waals surface area contributed by atoms with Crippen LogP contribution in [0.25, 0.3) is 0 Å². The third kappa shape index (κ3) is 3.72. The molecule has 3 nitrogen and oxygen atoms in total. The van der Waals surface area contributed by atoms with E-state index in [2.05, 4.69) is 41.3 Å². The topological polar surface area (TPSA) is 28.2 Å². The average molecular weight is 273 g/mol. The Hall–Kier alpha value is -1.09. The fraction of sp³-hybridized carbons (Fsp3) is 0.706. The van der Waals surface area contributed by atoms with E-state index in [1.165, 1.54) is 43.5 Å². The zero-order valence-corrected chi connectivity index (χ0v) is 12.8. The van der Waals surface area contributed by atoms with Gasteiger partial charge in [0.1, 0.15) is 0 Å². The Balaban J connectivity index is 1.69. The van der Waals surface area contributed by atoms with Crippen molar-refractivity contribution in [2.24, 2.45) is 11.8 Å². The highest BCUT2D eigenvalue weighted by molar-refractivity contribution is 5.53. The monoisotopic (exact) mass is 273 g/mol. The molecule has 0 aromatic carbocycles. The highest BCUT2D eigenvalue weighted by Gasteiger charge is 2.34. The average Bonchev–Trinajstić information content (AvgIpc) is 3.29. The molecule has 0 unspecified atom stereocenters. The highest BCUT2D eigenvalue weighted by atomic mass is 15.2. The van der Waals surface area contributed by atoms with Crippen molar-refractivity contribution in [3.63, 3.8) is 0 Å². The van der Waals surface area contributed by atoms with Crippen molar-refractivity contribution in [2.45, 2.75) is 52.1 Å². The van der Waals surface area contributed by atoms with Crippen LogP contribution in [0.5, 0.6) is 0 Å². The number of hydrogen-bond donors (Lipinski definition) is 1. The number of nitrogens with one attached hydrogen (secondary N) is 1. The van der Waals surface area contributed by atoms with E-state index in [-0.39, 0.29) is 0 Å². The van der Waals surface area contributed by atoms with Gasteiger partial charge in [0.05, 0.1) is 11.9 Å². The lowest BCUT2D eigenvalue weighted by atomic mass is 10.1. The molecule has 2 aliphatic carbocycles. The van der Waals surface area contributed by atoms with Gasteiger partial charge in [-0.2, -0.15) is 0 Å². The molecule has 110 valence electrons. The predicted molar refractivity (Wildman–Crippen MR) is 83.9 cm³/mol. The zero-order valence-electron chi connectivity index (χ0n) is 12.8. The summed E-state index contributed by atoms with van der Waals surface area (Å²) in [4.78, 5) is 7.01. The van der Waals surface area contributed by atoms with Gasteiger partial charge in [-0.15, -0.1) is 0 Å². The minimum atomic E-state index is 0.700. The molecule has 20 heavy (non-hydrogen) atoms.